The Kier molecular flexibility index (Phi) is 4.82. The van der Waals surface area contributed by atoms with E-state index in [-0.39, 0.29) is 5.91 Å². The van der Waals surface area contributed by atoms with E-state index in [0.29, 0.717) is 49.6 Å². The summed E-state index contributed by atoms with van der Waals surface area (Å²) in [5.74, 6) is 0.626. The normalized spacial score (nSPS) is 31.8. The van der Waals surface area contributed by atoms with Crippen LogP contribution in [-0.4, -0.2) is 42.3 Å². The summed E-state index contributed by atoms with van der Waals surface area (Å²) in [6.45, 7) is -0.326. The van der Waals surface area contributed by atoms with Crippen molar-refractivity contribution in [3.05, 3.63) is 29.3 Å². The number of ether oxygens (including phenoxy) is 2. The Bertz CT molecular complexity index is 811. The molecule has 2 spiro atoms. The van der Waals surface area contributed by atoms with Gasteiger partial charge in [0.15, 0.2) is 10.7 Å². The lowest BCUT2D eigenvalue weighted by Gasteiger charge is -2.46. The number of hydrogen-bond donors (Lipinski definition) is 1. The number of thiocarbonyl (C=S) groups is 1. The minimum atomic E-state index is -2.77. The van der Waals surface area contributed by atoms with Crippen LogP contribution in [0.5, 0.6) is 5.75 Å². The zero-order valence-corrected chi connectivity index (χ0v) is 16.8. The average Bonchev–Trinajstić information content (AvgIpc) is 3.05. The molecule has 1 saturated carbocycles. The Morgan fingerprint density at radius 2 is 2.07 bits per heavy atom. The van der Waals surface area contributed by atoms with Crippen LogP contribution in [0.4, 0.5) is 8.78 Å². The number of amides is 1. The van der Waals surface area contributed by atoms with Crippen molar-refractivity contribution in [2.24, 2.45) is 5.41 Å². The molecule has 0 radical (unpaired) electrons. The second-order valence-corrected chi connectivity index (χ2v) is 8.24. The van der Waals surface area contributed by atoms with Crippen LogP contribution in [0.2, 0.25) is 0 Å². The number of fused-ring (bicyclic) bond motifs is 3. The van der Waals surface area contributed by atoms with Gasteiger partial charge in [0.1, 0.15) is 5.75 Å². The number of hydrogen-bond acceptors (Lipinski definition) is 4. The molecule has 0 aromatic heterocycles. The zero-order chi connectivity index (χ0) is 20.1. The van der Waals surface area contributed by atoms with Crippen LogP contribution in [0.3, 0.4) is 0 Å². The Labute approximate surface area is 168 Å². The number of carbonyl (C=O) groups excluding carboxylic acids is 1. The van der Waals surface area contributed by atoms with Gasteiger partial charge in [0.25, 0.3) is 5.91 Å². The largest absolute Gasteiger partial charge is 0.494 e. The van der Waals surface area contributed by atoms with Crippen LogP contribution < -0.4 is 10.1 Å². The second kappa shape index (κ2) is 6.91. The lowest BCUT2D eigenvalue weighted by atomic mass is 9.61. The summed E-state index contributed by atoms with van der Waals surface area (Å²) < 4.78 is 35.7. The number of alkyl halides is 2. The number of rotatable bonds is 4. The van der Waals surface area contributed by atoms with E-state index in [1.807, 2.05) is 25.1 Å². The number of carbonyl (C=O) groups is 1. The van der Waals surface area contributed by atoms with E-state index in [0.717, 1.165) is 11.1 Å². The second-order valence-electron chi connectivity index (χ2n) is 7.85. The molecular formula is C20H24F2N2O3S. The van der Waals surface area contributed by atoms with Crippen molar-refractivity contribution in [3.63, 3.8) is 0 Å². The zero-order valence-electron chi connectivity index (χ0n) is 16.0. The van der Waals surface area contributed by atoms with Crippen LogP contribution in [0, 0.1) is 5.41 Å². The van der Waals surface area contributed by atoms with Gasteiger partial charge < -0.3 is 14.8 Å². The highest BCUT2D eigenvalue weighted by Gasteiger charge is 2.66. The fourth-order valence-electron chi connectivity index (χ4n) is 5.26. The van der Waals surface area contributed by atoms with Gasteiger partial charge in [0.2, 0.25) is 0 Å². The van der Waals surface area contributed by atoms with Gasteiger partial charge in [-0.3, -0.25) is 9.69 Å². The molecule has 5 nitrogen and oxygen atoms in total. The van der Waals surface area contributed by atoms with Crippen molar-refractivity contribution in [2.45, 2.75) is 57.3 Å². The molecule has 152 valence electrons. The van der Waals surface area contributed by atoms with Gasteiger partial charge in [0.05, 0.1) is 12.7 Å². The molecule has 1 amide bonds. The number of likely N-dealkylation sites (N-methyl/N-ethyl adjacent to an activating group) is 1. The van der Waals surface area contributed by atoms with Gasteiger partial charge in [-0.15, -0.1) is 0 Å². The number of halogens is 2. The predicted octanol–water partition coefficient (Wildman–Crippen LogP) is 3.35. The van der Waals surface area contributed by atoms with Gasteiger partial charge >= 0.3 is 6.61 Å². The molecule has 1 N–H and O–H groups in total. The Hall–Kier alpha value is -1.80. The van der Waals surface area contributed by atoms with E-state index in [4.69, 9.17) is 21.7 Å². The third kappa shape index (κ3) is 2.72. The molecule has 1 aromatic rings. The van der Waals surface area contributed by atoms with E-state index in [9.17, 15) is 13.6 Å². The van der Waals surface area contributed by atoms with Gasteiger partial charge in [-0.1, -0.05) is 6.07 Å². The molecule has 1 saturated heterocycles. The molecule has 1 aliphatic heterocycles. The van der Waals surface area contributed by atoms with Crippen molar-refractivity contribution in [3.8, 4) is 5.75 Å². The van der Waals surface area contributed by atoms with Gasteiger partial charge in [-0.05, 0) is 74.5 Å². The Morgan fingerprint density at radius 1 is 1.36 bits per heavy atom. The molecule has 1 aromatic carbocycles. The maximum Gasteiger partial charge on any atom is 0.345 e. The fraction of sp³-hybridized carbons (Fsp3) is 0.600. The first-order chi connectivity index (χ1) is 13.3. The first-order valence-corrected chi connectivity index (χ1v) is 10.0. The Morgan fingerprint density at radius 3 is 2.64 bits per heavy atom. The molecule has 3 aliphatic rings. The third-order valence-corrected chi connectivity index (χ3v) is 6.91. The fourth-order valence-corrected chi connectivity index (χ4v) is 5.49. The van der Waals surface area contributed by atoms with Crippen LogP contribution in [0.1, 0.15) is 43.7 Å². The van der Waals surface area contributed by atoms with E-state index in [2.05, 4.69) is 5.32 Å². The number of nitrogens with one attached hydrogen (secondary N) is 1. The highest BCUT2D eigenvalue weighted by Crippen LogP contribution is 2.60. The molecule has 1 atom stereocenters. The lowest BCUT2D eigenvalue weighted by molar-refractivity contribution is -0.179. The topological polar surface area (TPSA) is 50.8 Å². The summed E-state index contributed by atoms with van der Waals surface area (Å²) in [6.07, 6.45) is 2.42. The summed E-state index contributed by atoms with van der Waals surface area (Å²) >= 11 is 5.41. The van der Waals surface area contributed by atoms with Crippen LogP contribution in [0.25, 0.3) is 0 Å². The minimum Gasteiger partial charge on any atom is -0.494 e. The molecule has 2 aliphatic carbocycles. The monoisotopic (exact) mass is 410 g/mol. The standard InChI is InChI=1S/C20H24F2N2O3S/c1-3-26-14-5-4-12-11-19(8-6-13(7-9-19)27-17(21)22)20(15(12)10-14)16(25)24(2)18(28)23-20/h4-5,10,13,17H,3,6-9,11H2,1-2H3,(H,23,28). The SMILES string of the molecule is CCOc1ccc2c(c1)C1(NC(=S)N(C)C1=O)C1(CCC(OC(F)F)CC1)C2. The van der Waals surface area contributed by atoms with E-state index in [1.54, 1.807) is 7.05 Å². The quantitative estimate of drug-likeness (QED) is 0.772. The van der Waals surface area contributed by atoms with E-state index in [1.165, 1.54) is 4.90 Å². The summed E-state index contributed by atoms with van der Waals surface area (Å²) in [7, 11) is 1.68. The highest BCUT2D eigenvalue weighted by molar-refractivity contribution is 7.80. The summed E-state index contributed by atoms with van der Waals surface area (Å²) in [5.41, 5.74) is 0.574. The molecular weight excluding hydrogens is 386 g/mol. The number of nitrogens with zero attached hydrogens (tertiary/aromatic N) is 1. The van der Waals surface area contributed by atoms with Gasteiger partial charge in [-0.2, -0.15) is 8.78 Å². The van der Waals surface area contributed by atoms with Crippen molar-refractivity contribution in [1.82, 2.24) is 10.2 Å². The molecule has 28 heavy (non-hydrogen) atoms. The lowest BCUT2D eigenvalue weighted by Crippen LogP contribution is -2.56. The van der Waals surface area contributed by atoms with Crippen molar-refractivity contribution < 1.29 is 23.0 Å². The highest BCUT2D eigenvalue weighted by atomic mass is 32.1. The molecule has 4 rings (SSSR count). The van der Waals surface area contributed by atoms with E-state index >= 15 is 0 Å². The molecule has 0 bridgehead atoms. The predicted molar refractivity (Wildman–Crippen MR) is 103 cm³/mol. The Balaban J connectivity index is 1.76. The van der Waals surface area contributed by atoms with E-state index < -0.39 is 23.7 Å². The first-order valence-electron chi connectivity index (χ1n) is 9.63. The summed E-state index contributed by atoms with van der Waals surface area (Å²) in [4.78, 5) is 15.0. The summed E-state index contributed by atoms with van der Waals surface area (Å²) in [6, 6.07) is 5.86. The molecule has 1 heterocycles. The first kappa shape index (κ1) is 19.5. The third-order valence-electron chi connectivity index (χ3n) is 6.53. The van der Waals surface area contributed by atoms with Gasteiger partial charge in [-0.25, -0.2) is 0 Å². The van der Waals surface area contributed by atoms with Gasteiger partial charge in [0, 0.05) is 12.5 Å². The van der Waals surface area contributed by atoms with Crippen molar-refractivity contribution in [1.29, 1.82) is 0 Å². The number of benzene rings is 1. The average molecular weight is 410 g/mol. The minimum absolute atomic E-state index is 0.0851. The van der Waals surface area contributed by atoms with Crippen LogP contribution in [0.15, 0.2) is 18.2 Å². The van der Waals surface area contributed by atoms with Crippen molar-refractivity contribution >= 4 is 23.2 Å². The maximum absolute atomic E-state index is 13.5. The summed E-state index contributed by atoms with van der Waals surface area (Å²) in [5, 5.41) is 3.73. The molecule has 8 heteroatoms. The molecule has 1 unspecified atom stereocenters. The van der Waals surface area contributed by atoms with Crippen molar-refractivity contribution in [2.75, 3.05) is 13.7 Å². The molecule has 2 fully saturated rings. The van der Waals surface area contributed by atoms with Crippen LogP contribution >= 0.6 is 12.2 Å². The smallest absolute Gasteiger partial charge is 0.345 e. The maximum atomic E-state index is 13.5. The van der Waals surface area contributed by atoms with Crippen LogP contribution in [-0.2, 0) is 21.5 Å².